The first-order valence-electron chi connectivity index (χ1n) is 49.1. The van der Waals surface area contributed by atoms with Crippen LogP contribution in [0, 0.1) is 0 Å². The highest BCUT2D eigenvalue weighted by atomic mass is 16.6. The largest absolute Gasteiger partial charge is 0.491 e. The lowest BCUT2D eigenvalue weighted by Crippen LogP contribution is -2.17. The molecule has 12 aromatic rings. The Morgan fingerprint density at radius 3 is 0.225 bits per heavy atom. The molecule has 0 amide bonds. The van der Waals surface area contributed by atoms with Crippen LogP contribution in [0.4, 0.5) is 0 Å². The van der Waals surface area contributed by atoms with Crippen LogP contribution in [-0.4, -0.2) is 211 Å². The molecular weight excluding hydrogens is 1750 g/mol. The summed E-state index contributed by atoms with van der Waals surface area (Å²) < 4.78 is 148. The molecule has 720 valence electrons. The maximum absolute atomic E-state index is 7.25. The molecule has 0 radical (unpaired) electrons. The number of fused-ring (bicyclic) bond motifs is 24. The molecule has 0 fully saturated rings. The van der Waals surface area contributed by atoms with Gasteiger partial charge in [-0.1, -0.05) is 218 Å². The predicted octanol–water partition coefficient (Wildman–Crippen LogP) is 17.9. The molecule has 21 rings (SSSR count). The maximum atomic E-state index is 7.25. The molecule has 0 spiro atoms. The highest BCUT2D eigenvalue weighted by Gasteiger charge is 2.29. The van der Waals surface area contributed by atoms with Crippen molar-refractivity contribution < 1.29 is 104 Å². The summed E-state index contributed by atoms with van der Waals surface area (Å²) in [5.41, 5.74) is 23.8. The molecule has 0 aromatic heterocycles. The van der Waals surface area contributed by atoms with Crippen molar-refractivity contribution in [1.82, 2.24) is 0 Å². The minimum Gasteiger partial charge on any atom is -0.491 e. The van der Waals surface area contributed by atoms with Gasteiger partial charge >= 0.3 is 0 Å². The molecule has 36 bridgehead atoms. The van der Waals surface area contributed by atoms with Gasteiger partial charge in [-0.2, -0.15) is 0 Å². The molecule has 6 aliphatic heterocycles. The van der Waals surface area contributed by atoms with E-state index < -0.39 is 0 Å². The van der Waals surface area contributed by atoms with Crippen LogP contribution in [0.3, 0.4) is 0 Å². The Morgan fingerprint density at radius 1 is 0.0870 bits per heavy atom. The average Bonchev–Trinajstić information content (AvgIpc) is 0.790. The zero-order valence-corrected chi connectivity index (χ0v) is 78.9. The molecule has 22 nitrogen and oxygen atoms in total. The van der Waals surface area contributed by atoms with Gasteiger partial charge in [0.25, 0.3) is 0 Å². The van der Waals surface area contributed by atoms with E-state index >= 15 is 0 Å². The second-order valence-electron chi connectivity index (χ2n) is 35.3. The van der Waals surface area contributed by atoms with Gasteiger partial charge < -0.3 is 104 Å². The van der Waals surface area contributed by atoms with Gasteiger partial charge in [-0.15, -0.1) is 0 Å². The second-order valence-corrected chi connectivity index (χ2v) is 35.3. The van der Waals surface area contributed by atoms with Gasteiger partial charge in [0.2, 0.25) is 0 Å². The van der Waals surface area contributed by atoms with E-state index in [0.717, 1.165) is 203 Å². The van der Waals surface area contributed by atoms with Gasteiger partial charge in [0.15, 0.2) is 0 Å². The molecular formula is C116H124O22. The summed E-state index contributed by atoms with van der Waals surface area (Å²) in [6, 6.07) is 77.4. The summed E-state index contributed by atoms with van der Waals surface area (Å²) in [7, 11) is 0. The van der Waals surface area contributed by atoms with Crippen molar-refractivity contribution in [3.63, 3.8) is 0 Å². The molecule has 12 aromatic carbocycles. The summed E-state index contributed by atoms with van der Waals surface area (Å²) in [6.45, 7) is 10.2. The van der Waals surface area contributed by atoms with Crippen LogP contribution in [0.5, 0.6) is 69.0 Å². The summed E-state index contributed by atoms with van der Waals surface area (Å²) in [5.74, 6) is 9.31. The molecule has 3 aliphatic carbocycles. The maximum Gasteiger partial charge on any atom is 0.126 e. The first-order valence-corrected chi connectivity index (χ1v) is 49.1. The Morgan fingerprint density at radius 2 is 0.152 bits per heavy atom. The van der Waals surface area contributed by atoms with Crippen LogP contribution in [0.1, 0.15) is 134 Å². The van der Waals surface area contributed by atoms with Crippen molar-refractivity contribution >= 4 is 0 Å². The number of hydrogen-bond acceptors (Lipinski definition) is 22. The van der Waals surface area contributed by atoms with Crippen molar-refractivity contribution in [3.8, 4) is 69.0 Å². The zero-order valence-electron chi connectivity index (χ0n) is 78.9. The Labute approximate surface area is 809 Å². The first kappa shape index (κ1) is 94.8. The van der Waals surface area contributed by atoms with Crippen LogP contribution in [-0.2, 0) is 124 Å². The van der Waals surface area contributed by atoms with Crippen LogP contribution < -0.4 is 56.8 Å². The fourth-order valence-corrected chi connectivity index (χ4v) is 19.6. The van der Waals surface area contributed by atoms with Gasteiger partial charge in [0.1, 0.15) is 148 Å². The van der Waals surface area contributed by atoms with E-state index in [-0.39, 0.29) is 106 Å². The second kappa shape index (κ2) is 48.9. The number of rotatable bonds is 0. The smallest absolute Gasteiger partial charge is 0.126 e. The van der Waals surface area contributed by atoms with E-state index in [9.17, 15) is 0 Å². The summed E-state index contributed by atoms with van der Waals surface area (Å²) in [4.78, 5) is 0. The molecule has 0 N–H and O–H groups in total. The van der Waals surface area contributed by atoms with Crippen molar-refractivity contribution in [2.24, 2.45) is 0 Å². The molecule has 0 saturated carbocycles. The molecule has 6 heterocycles. The van der Waals surface area contributed by atoms with Crippen molar-refractivity contribution in [3.05, 3.63) is 352 Å². The molecule has 22 heteroatoms. The standard InChI is InChI=1S/C116H124O22/c1-13-81-69-89-21-5-23-91-71-83-15-2-16-84-72-92-24-6-22-90(70-82(14-1)105(81)127-57-45-119-41-37-117-38-42-120-46-58-128-106(83)84)110(92)132-62-50-124-54-66-136-114-99-31-10-32-100(114)80-104-36-12-34-102-78-98-30-9-29-97(113(98)135-65-53-123-49-61-131-109(89)91)77-101-33-11-35-103(79-99)115(101)137-67-55-125-51-63-133-111-93-25-7-27-95(111)75-87-19-4-20-88-76-96-28-8-26-94(112(96)134-64-52-126-56-68-138-116(102)104)74-86-18-3-17-85(73-93)107(86)129-59-47-121-43-39-118-40-44-122-48-60-130-108(87)88/h1-36H,37-80H2. The van der Waals surface area contributed by atoms with E-state index in [4.69, 9.17) is 104 Å². The molecule has 0 saturated heterocycles. The fraction of sp³-hybridized carbons (Fsp3) is 0.379. The van der Waals surface area contributed by atoms with E-state index in [1.54, 1.807) is 0 Å². The number of ether oxygens (including phenoxy) is 22. The van der Waals surface area contributed by atoms with E-state index in [2.05, 4.69) is 218 Å². The number of benzene rings is 12. The quantitative estimate of drug-likeness (QED) is 0.130. The summed E-state index contributed by atoms with van der Waals surface area (Å²) in [6.07, 6.45) is 5.86. The lowest BCUT2D eigenvalue weighted by atomic mass is 9.91. The fourth-order valence-electron chi connectivity index (χ4n) is 19.6. The van der Waals surface area contributed by atoms with Gasteiger partial charge in [-0.05, 0) is 134 Å². The Balaban J connectivity index is 0.672. The van der Waals surface area contributed by atoms with Crippen molar-refractivity contribution in [1.29, 1.82) is 0 Å². The Bertz CT molecular complexity index is 5070. The SMILES string of the molecule is c1cc2c3c(c1)Cc1cccc4c1OCCOCCOc1c5cccc1Cc1cccc6c1OCCOCCOc1c7cccc1Cc1cccc8c1OCCOCCOCCOCCOc1c(cccc1C7)Cc1cccc(c1OCCOCCOc1c(cccc1C5)Cc1cccc(c1OCCOCCOc1c(cccc1Cc1cccc(c1OCCOCCOCCOCCO3)C4)C2)C6)C8. The van der Waals surface area contributed by atoms with Gasteiger partial charge in [0, 0.05) is 77.0 Å². The lowest BCUT2D eigenvalue weighted by Gasteiger charge is -2.23. The van der Waals surface area contributed by atoms with E-state index in [0.29, 0.717) is 183 Å². The monoisotopic (exact) mass is 1870 g/mol. The molecule has 0 unspecified atom stereocenters. The minimum atomic E-state index is 0.235. The molecule has 138 heavy (non-hydrogen) atoms. The zero-order chi connectivity index (χ0) is 92.9. The van der Waals surface area contributed by atoms with Crippen LogP contribution >= 0.6 is 0 Å². The van der Waals surface area contributed by atoms with Crippen LogP contribution in [0.2, 0.25) is 0 Å². The molecule has 0 atom stereocenters. The number of para-hydroxylation sites is 12. The van der Waals surface area contributed by atoms with Gasteiger partial charge in [-0.3, -0.25) is 0 Å². The normalized spacial score (nSPS) is 17.6. The topological polar surface area (TPSA) is 203 Å². The van der Waals surface area contributed by atoms with Gasteiger partial charge in [-0.25, -0.2) is 0 Å². The highest BCUT2D eigenvalue weighted by Crippen LogP contribution is 2.45. The third kappa shape index (κ3) is 24.6. The lowest BCUT2D eigenvalue weighted by molar-refractivity contribution is 0.00484. The first-order chi connectivity index (χ1) is 68.5. The molecule has 9 aliphatic rings. The van der Waals surface area contributed by atoms with Gasteiger partial charge in [0.05, 0.1) is 132 Å². The number of hydrogen-bond donors (Lipinski definition) is 0. The third-order valence-corrected chi connectivity index (χ3v) is 25.9. The summed E-state index contributed by atoms with van der Waals surface area (Å²) in [5, 5.41) is 0. The predicted molar refractivity (Wildman–Crippen MR) is 525 cm³/mol. The average molecular weight is 1870 g/mol. The van der Waals surface area contributed by atoms with E-state index in [1.165, 1.54) is 0 Å². The highest BCUT2D eigenvalue weighted by molar-refractivity contribution is 5.62. The van der Waals surface area contributed by atoms with Crippen molar-refractivity contribution in [2.45, 2.75) is 77.0 Å². The summed E-state index contributed by atoms with van der Waals surface area (Å²) >= 11 is 0. The minimum absolute atomic E-state index is 0.235. The Kier molecular flexibility index (Phi) is 33.6. The van der Waals surface area contributed by atoms with Crippen LogP contribution in [0.25, 0.3) is 0 Å². The third-order valence-electron chi connectivity index (χ3n) is 25.9. The van der Waals surface area contributed by atoms with Crippen LogP contribution in [0.15, 0.2) is 218 Å². The van der Waals surface area contributed by atoms with E-state index in [1.807, 2.05) is 0 Å². The Hall–Kier alpha value is -12.2. The van der Waals surface area contributed by atoms with Crippen molar-refractivity contribution in [2.75, 3.05) is 211 Å².